The van der Waals surface area contributed by atoms with E-state index in [-0.39, 0.29) is 0 Å². The number of aryl methyl sites for hydroxylation is 2. The molecule has 1 aromatic rings. The Labute approximate surface area is 83.8 Å². The van der Waals surface area contributed by atoms with Gasteiger partial charge in [-0.05, 0) is 30.9 Å². The van der Waals surface area contributed by atoms with Crippen molar-refractivity contribution in [3.05, 3.63) is 34.9 Å². The van der Waals surface area contributed by atoms with Gasteiger partial charge in [0.15, 0.2) is 5.60 Å². The lowest BCUT2D eigenvalue weighted by atomic mass is 9.81. The normalized spacial score (nSPS) is 25.2. The molecule has 1 aliphatic rings. The first-order valence-electron chi connectivity index (χ1n) is 4.85. The second-order valence-corrected chi connectivity index (χ2v) is 4.09. The van der Waals surface area contributed by atoms with Gasteiger partial charge in [-0.15, -0.1) is 0 Å². The van der Waals surface area contributed by atoms with Gasteiger partial charge in [-0.25, -0.2) is 0 Å². The van der Waals surface area contributed by atoms with Crippen LogP contribution in [0.3, 0.4) is 0 Å². The molecule has 0 fully saturated rings. The molecule has 1 aromatic carbocycles. The number of fused-ring (bicyclic) bond motifs is 1. The molecule has 1 aliphatic carbocycles. The van der Waals surface area contributed by atoms with Crippen molar-refractivity contribution in [1.82, 2.24) is 0 Å². The van der Waals surface area contributed by atoms with Crippen LogP contribution in [-0.4, -0.2) is 10.7 Å². The standard InChI is InChI=1S/C12H13NO/c1-9-2-3-10-4-5-12(14,8-13)7-11(10)6-9/h2-3,6,14H,4-5,7H2,1H3. The molecule has 0 saturated carbocycles. The zero-order valence-corrected chi connectivity index (χ0v) is 8.25. The van der Waals surface area contributed by atoms with Crippen LogP contribution in [-0.2, 0) is 12.8 Å². The maximum Gasteiger partial charge on any atom is 0.155 e. The van der Waals surface area contributed by atoms with E-state index in [1.807, 2.05) is 13.0 Å². The summed E-state index contributed by atoms with van der Waals surface area (Å²) in [5.74, 6) is 0. The lowest BCUT2D eigenvalue weighted by molar-refractivity contribution is 0.0840. The Morgan fingerprint density at radius 3 is 2.93 bits per heavy atom. The molecule has 1 N–H and O–H groups in total. The number of nitrogens with zero attached hydrogens (tertiary/aromatic N) is 1. The van der Waals surface area contributed by atoms with E-state index in [2.05, 4.69) is 18.2 Å². The smallest absolute Gasteiger partial charge is 0.155 e. The molecule has 0 radical (unpaired) electrons. The number of nitriles is 1. The maximum atomic E-state index is 9.86. The summed E-state index contributed by atoms with van der Waals surface area (Å²) in [5.41, 5.74) is 2.45. The highest BCUT2D eigenvalue weighted by molar-refractivity contribution is 5.36. The molecule has 0 bridgehead atoms. The van der Waals surface area contributed by atoms with Gasteiger partial charge >= 0.3 is 0 Å². The van der Waals surface area contributed by atoms with Gasteiger partial charge in [0.1, 0.15) is 0 Å². The van der Waals surface area contributed by atoms with E-state index in [1.165, 1.54) is 11.1 Å². The number of hydrogen-bond acceptors (Lipinski definition) is 2. The van der Waals surface area contributed by atoms with E-state index in [9.17, 15) is 5.11 Å². The Kier molecular flexibility index (Phi) is 2.05. The van der Waals surface area contributed by atoms with Crippen LogP contribution in [0, 0.1) is 18.3 Å². The summed E-state index contributed by atoms with van der Waals surface area (Å²) < 4.78 is 0. The molecule has 72 valence electrons. The first kappa shape index (κ1) is 9.23. The summed E-state index contributed by atoms with van der Waals surface area (Å²) in [6, 6.07) is 8.24. The summed E-state index contributed by atoms with van der Waals surface area (Å²) in [5, 5.41) is 18.7. The monoisotopic (exact) mass is 187 g/mol. The van der Waals surface area contributed by atoms with Crippen molar-refractivity contribution < 1.29 is 5.11 Å². The summed E-state index contributed by atoms with van der Waals surface area (Å²) >= 11 is 0. The van der Waals surface area contributed by atoms with Crippen molar-refractivity contribution in [3.8, 4) is 6.07 Å². The van der Waals surface area contributed by atoms with Crippen LogP contribution in [0.4, 0.5) is 0 Å². The molecular formula is C12H13NO. The Balaban J connectivity index is 2.39. The minimum absolute atomic E-state index is 0.473. The average Bonchev–Trinajstić information content (AvgIpc) is 2.17. The summed E-state index contributed by atoms with van der Waals surface area (Å²) in [6.07, 6.45) is 1.83. The van der Waals surface area contributed by atoms with Crippen molar-refractivity contribution in [2.45, 2.75) is 31.8 Å². The highest BCUT2D eigenvalue weighted by Crippen LogP contribution is 2.28. The van der Waals surface area contributed by atoms with Gasteiger partial charge in [-0.3, -0.25) is 0 Å². The average molecular weight is 187 g/mol. The van der Waals surface area contributed by atoms with Gasteiger partial charge in [0, 0.05) is 6.42 Å². The second kappa shape index (κ2) is 3.11. The van der Waals surface area contributed by atoms with Gasteiger partial charge in [-0.1, -0.05) is 23.8 Å². The molecule has 0 saturated heterocycles. The predicted molar refractivity (Wildman–Crippen MR) is 53.8 cm³/mol. The van der Waals surface area contributed by atoms with E-state index in [0.717, 1.165) is 12.0 Å². The van der Waals surface area contributed by atoms with Crippen molar-refractivity contribution in [3.63, 3.8) is 0 Å². The van der Waals surface area contributed by atoms with Gasteiger partial charge in [0.2, 0.25) is 0 Å². The third-order valence-corrected chi connectivity index (χ3v) is 2.86. The molecule has 0 aliphatic heterocycles. The Morgan fingerprint density at radius 2 is 2.21 bits per heavy atom. The van der Waals surface area contributed by atoms with Gasteiger partial charge in [-0.2, -0.15) is 5.26 Å². The minimum atomic E-state index is -1.14. The Morgan fingerprint density at radius 1 is 1.43 bits per heavy atom. The van der Waals surface area contributed by atoms with Gasteiger partial charge < -0.3 is 5.11 Å². The molecule has 1 atom stereocenters. The molecule has 14 heavy (non-hydrogen) atoms. The zero-order chi connectivity index (χ0) is 10.2. The molecule has 0 aromatic heterocycles. The third-order valence-electron chi connectivity index (χ3n) is 2.86. The number of aliphatic hydroxyl groups is 1. The predicted octanol–water partition coefficient (Wildman–Crippen LogP) is 1.74. The van der Waals surface area contributed by atoms with E-state index in [0.29, 0.717) is 12.8 Å². The largest absolute Gasteiger partial charge is 0.375 e. The minimum Gasteiger partial charge on any atom is -0.375 e. The van der Waals surface area contributed by atoms with E-state index in [1.54, 1.807) is 0 Å². The van der Waals surface area contributed by atoms with Gasteiger partial charge in [0.05, 0.1) is 6.07 Å². The summed E-state index contributed by atoms with van der Waals surface area (Å²) in [4.78, 5) is 0. The van der Waals surface area contributed by atoms with Crippen LogP contribution in [0.2, 0.25) is 0 Å². The quantitative estimate of drug-likeness (QED) is 0.629. The number of rotatable bonds is 0. The van der Waals surface area contributed by atoms with Crippen molar-refractivity contribution in [1.29, 1.82) is 5.26 Å². The summed E-state index contributed by atoms with van der Waals surface area (Å²) in [6.45, 7) is 2.03. The second-order valence-electron chi connectivity index (χ2n) is 4.09. The van der Waals surface area contributed by atoms with Crippen LogP contribution in [0.1, 0.15) is 23.1 Å². The third kappa shape index (κ3) is 1.51. The van der Waals surface area contributed by atoms with Crippen molar-refractivity contribution in [2.75, 3.05) is 0 Å². The van der Waals surface area contributed by atoms with Gasteiger partial charge in [0.25, 0.3) is 0 Å². The number of benzene rings is 1. The SMILES string of the molecule is Cc1ccc2c(c1)CC(O)(C#N)CC2. The van der Waals surface area contributed by atoms with Crippen LogP contribution in [0.15, 0.2) is 18.2 Å². The fraction of sp³-hybridized carbons (Fsp3) is 0.417. The molecule has 2 rings (SSSR count). The van der Waals surface area contributed by atoms with Crippen molar-refractivity contribution in [2.24, 2.45) is 0 Å². The molecule has 2 nitrogen and oxygen atoms in total. The van der Waals surface area contributed by atoms with Crippen LogP contribution >= 0.6 is 0 Å². The zero-order valence-electron chi connectivity index (χ0n) is 8.25. The van der Waals surface area contributed by atoms with E-state index < -0.39 is 5.60 Å². The molecule has 0 amide bonds. The van der Waals surface area contributed by atoms with E-state index in [4.69, 9.17) is 5.26 Å². The highest BCUT2D eigenvalue weighted by atomic mass is 16.3. The highest BCUT2D eigenvalue weighted by Gasteiger charge is 2.31. The summed E-state index contributed by atoms with van der Waals surface area (Å²) in [7, 11) is 0. The van der Waals surface area contributed by atoms with Crippen LogP contribution < -0.4 is 0 Å². The van der Waals surface area contributed by atoms with E-state index >= 15 is 0 Å². The van der Waals surface area contributed by atoms with Crippen LogP contribution in [0.5, 0.6) is 0 Å². The maximum absolute atomic E-state index is 9.86. The fourth-order valence-corrected chi connectivity index (χ4v) is 2.00. The molecular weight excluding hydrogens is 174 g/mol. The van der Waals surface area contributed by atoms with Crippen molar-refractivity contribution >= 4 is 0 Å². The molecule has 2 heteroatoms. The first-order chi connectivity index (χ1) is 6.63. The molecule has 0 spiro atoms. The molecule has 1 unspecified atom stereocenters. The molecule has 0 heterocycles. The fourth-order valence-electron chi connectivity index (χ4n) is 2.00. The van der Waals surface area contributed by atoms with Crippen LogP contribution in [0.25, 0.3) is 0 Å². The Hall–Kier alpha value is -1.33. The topological polar surface area (TPSA) is 44.0 Å². The lowest BCUT2D eigenvalue weighted by Crippen LogP contribution is -2.33. The number of hydrogen-bond donors (Lipinski definition) is 1. The lowest BCUT2D eigenvalue weighted by Gasteiger charge is -2.27. The Bertz CT molecular complexity index is 405. The first-order valence-corrected chi connectivity index (χ1v) is 4.85.